The summed E-state index contributed by atoms with van der Waals surface area (Å²) in [6.07, 6.45) is 3.22. The van der Waals surface area contributed by atoms with Crippen molar-refractivity contribution < 1.29 is 0 Å². The zero-order chi connectivity index (χ0) is 9.42. The molecule has 0 radical (unpaired) electrons. The molecule has 0 aliphatic rings. The number of hydrogen-bond acceptors (Lipinski definition) is 0. The van der Waals surface area contributed by atoms with E-state index in [0.29, 0.717) is 0 Å². The molecule has 13 heavy (non-hydrogen) atoms. The maximum atomic E-state index is 3.33. The predicted octanol–water partition coefficient (Wildman–Crippen LogP) is 3.35. The number of aromatic nitrogens is 1. The van der Waals surface area contributed by atoms with Gasteiger partial charge < -0.3 is 4.98 Å². The van der Waals surface area contributed by atoms with E-state index >= 15 is 0 Å². The smallest absolute Gasteiger partial charge is 0.0486 e. The van der Waals surface area contributed by atoms with Gasteiger partial charge in [-0.1, -0.05) is 18.6 Å². The van der Waals surface area contributed by atoms with E-state index in [9.17, 15) is 0 Å². The van der Waals surface area contributed by atoms with Crippen LogP contribution in [-0.2, 0) is 6.42 Å². The molecule has 2 aromatic rings. The van der Waals surface area contributed by atoms with Crippen molar-refractivity contribution in [3.05, 3.63) is 35.0 Å². The van der Waals surface area contributed by atoms with Crippen molar-refractivity contribution in [3.8, 4) is 0 Å². The number of rotatable bonds is 1. The van der Waals surface area contributed by atoms with E-state index in [0.717, 1.165) is 6.42 Å². The van der Waals surface area contributed by atoms with Crippen LogP contribution in [0.25, 0.3) is 10.9 Å². The Labute approximate surface area is 78.8 Å². The average molecular weight is 173 g/mol. The first-order chi connectivity index (χ1) is 6.22. The molecular formula is C12H15N. The van der Waals surface area contributed by atoms with Gasteiger partial charge in [0.25, 0.3) is 0 Å². The molecule has 0 saturated carbocycles. The monoisotopic (exact) mass is 173 g/mol. The van der Waals surface area contributed by atoms with Gasteiger partial charge in [0, 0.05) is 17.1 Å². The summed E-state index contributed by atoms with van der Waals surface area (Å²) in [6.45, 7) is 6.50. The van der Waals surface area contributed by atoms with E-state index in [1.54, 1.807) is 0 Å². The molecule has 0 atom stereocenters. The van der Waals surface area contributed by atoms with Crippen molar-refractivity contribution in [2.24, 2.45) is 0 Å². The molecule has 1 aromatic carbocycles. The van der Waals surface area contributed by atoms with Gasteiger partial charge in [-0.3, -0.25) is 0 Å². The summed E-state index contributed by atoms with van der Waals surface area (Å²) in [5, 5.41) is 1.39. The summed E-state index contributed by atoms with van der Waals surface area (Å²) in [6, 6.07) is 4.48. The molecule has 0 bridgehead atoms. The Hall–Kier alpha value is -1.24. The Morgan fingerprint density at radius 1 is 1.23 bits per heavy atom. The largest absolute Gasteiger partial charge is 0.361 e. The number of H-pyrrole nitrogens is 1. The van der Waals surface area contributed by atoms with Gasteiger partial charge in [-0.15, -0.1) is 0 Å². The molecule has 1 aromatic heterocycles. The first-order valence-corrected chi connectivity index (χ1v) is 4.79. The van der Waals surface area contributed by atoms with Crippen LogP contribution in [0.1, 0.15) is 23.6 Å². The quantitative estimate of drug-likeness (QED) is 0.680. The zero-order valence-electron chi connectivity index (χ0n) is 8.44. The fourth-order valence-electron chi connectivity index (χ4n) is 1.94. The van der Waals surface area contributed by atoms with Crippen molar-refractivity contribution in [2.45, 2.75) is 27.2 Å². The van der Waals surface area contributed by atoms with Gasteiger partial charge in [-0.2, -0.15) is 0 Å². The normalized spacial score (nSPS) is 11.0. The standard InChI is InChI=1S/C12H15N/c1-4-10-7-13-12-9(3)5-8(2)6-11(10)12/h5-7,13H,4H2,1-3H3. The van der Waals surface area contributed by atoms with Gasteiger partial charge in [-0.25, -0.2) is 0 Å². The molecule has 1 heterocycles. The molecule has 0 spiro atoms. The molecule has 1 heteroatoms. The number of benzene rings is 1. The van der Waals surface area contributed by atoms with Crippen LogP contribution in [0, 0.1) is 13.8 Å². The molecule has 0 unspecified atom stereocenters. The van der Waals surface area contributed by atoms with Gasteiger partial charge in [0.15, 0.2) is 0 Å². The lowest BCUT2D eigenvalue weighted by Gasteiger charge is -2.00. The van der Waals surface area contributed by atoms with E-state index < -0.39 is 0 Å². The summed E-state index contributed by atoms with van der Waals surface area (Å²) in [4.78, 5) is 3.33. The summed E-state index contributed by atoms with van der Waals surface area (Å²) in [5.41, 5.74) is 5.40. The lowest BCUT2D eigenvalue weighted by Crippen LogP contribution is -1.81. The van der Waals surface area contributed by atoms with E-state index in [1.165, 1.54) is 27.6 Å². The Bertz CT molecular complexity index is 438. The van der Waals surface area contributed by atoms with Crippen molar-refractivity contribution >= 4 is 10.9 Å². The highest BCUT2D eigenvalue weighted by molar-refractivity contribution is 5.86. The van der Waals surface area contributed by atoms with Gasteiger partial charge >= 0.3 is 0 Å². The van der Waals surface area contributed by atoms with Crippen LogP contribution < -0.4 is 0 Å². The molecule has 1 nitrogen and oxygen atoms in total. The topological polar surface area (TPSA) is 15.8 Å². The summed E-state index contributed by atoms with van der Waals surface area (Å²) >= 11 is 0. The highest BCUT2D eigenvalue weighted by Crippen LogP contribution is 2.23. The molecule has 68 valence electrons. The molecule has 0 fully saturated rings. The fraction of sp³-hybridized carbons (Fsp3) is 0.333. The second-order valence-electron chi connectivity index (χ2n) is 3.67. The van der Waals surface area contributed by atoms with E-state index in [-0.39, 0.29) is 0 Å². The van der Waals surface area contributed by atoms with Gasteiger partial charge in [0.05, 0.1) is 0 Å². The third-order valence-corrected chi connectivity index (χ3v) is 2.60. The molecule has 2 rings (SSSR count). The van der Waals surface area contributed by atoms with Crippen LogP contribution in [0.3, 0.4) is 0 Å². The number of aromatic amines is 1. The SMILES string of the molecule is CCc1c[nH]c2c(C)cc(C)cc12. The van der Waals surface area contributed by atoms with Gasteiger partial charge in [-0.05, 0) is 37.5 Å². The molecule has 1 N–H and O–H groups in total. The highest BCUT2D eigenvalue weighted by Gasteiger charge is 2.04. The van der Waals surface area contributed by atoms with Crippen LogP contribution in [0.4, 0.5) is 0 Å². The average Bonchev–Trinajstić information content (AvgIpc) is 2.47. The second kappa shape index (κ2) is 2.91. The van der Waals surface area contributed by atoms with E-state index in [2.05, 4.69) is 44.1 Å². The maximum Gasteiger partial charge on any atom is 0.0486 e. The van der Waals surface area contributed by atoms with Gasteiger partial charge in [0.1, 0.15) is 0 Å². The van der Waals surface area contributed by atoms with E-state index in [4.69, 9.17) is 0 Å². The number of nitrogens with one attached hydrogen (secondary N) is 1. The van der Waals surface area contributed by atoms with Crippen molar-refractivity contribution in [1.29, 1.82) is 0 Å². The molecule has 0 amide bonds. The lowest BCUT2D eigenvalue weighted by atomic mass is 10.1. The van der Waals surface area contributed by atoms with Crippen molar-refractivity contribution in [2.75, 3.05) is 0 Å². The molecule has 0 aliphatic carbocycles. The van der Waals surface area contributed by atoms with Crippen LogP contribution in [0.2, 0.25) is 0 Å². The first-order valence-electron chi connectivity index (χ1n) is 4.79. The third-order valence-electron chi connectivity index (χ3n) is 2.60. The Balaban J connectivity index is 2.82. The van der Waals surface area contributed by atoms with Crippen molar-refractivity contribution in [1.82, 2.24) is 4.98 Å². The highest BCUT2D eigenvalue weighted by atomic mass is 14.7. The number of fused-ring (bicyclic) bond motifs is 1. The summed E-state index contributed by atoms with van der Waals surface area (Å²) in [7, 11) is 0. The summed E-state index contributed by atoms with van der Waals surface area (Å²) in [5.74, 6) is 0. The minimum Gasteiger partial charge on any atom is -0.361 e. The zero-order valence-corrected chi connectivity index (χ0v) is 8.44. The third kappa shape index (κ3) is 1.24. The van der Waals surface area contributed by atoms with Crippen LogP contribution >= 0.6 is 0 Å². The Morgan fingerprint density at radius 3 is 2.69 bits per heavy atom. The molecule has 0 aliphatic heterocycles. The first kappa shape index (κ1) is 8.36. The van der Waals surface area contributed by atoms with Crippen LogP contribution in [0.5, 0.6) is 0 Å². The summed E-state index contributed by atoms with van der Waals surface area (Å²) < 4.78 is 0. The van der Waals surface area contributed by atoms with Crippen LogP contribution in [0.15, 0.2) is 18.3 Å². The minimum absolute atomic E-state index is 1.10. The second-order valence-corrected chi connectivity index (χ2v) is 3.67. The Kier molecular flexibility index (Phi) is 1.87. The van der Waals surface area contributed by atoms with Crippen LogP contribution in [-0.4, -0.2) is 4.98 Å². The maximum absolute atomic E-state index is 3.33. The van der Waals surface area contributed by atoms with E-state index in [1.807, 2.05) is 0 Å². The minimum atomic E-state index is 1.10. The lowest BCUT2D eigenvalue weighted by molar-refractivity contribution is 1.15. The number of hydrogen-bond donors (Lipinski definition) is 1. The predicted molar refractivity (Wildman–Crippen MR) is 57.2 cm³/mol. The van der Waals surface area contributed by atoms with Gasteiger partial charge in [0.2, 0.25) is 0 Å². The Morgan fingerprint density at radius 2 is 2.00 bits per heavy atom. The van der Waals surface area contributed by atoms with Crippen molar-refractivity contribution in [3.63, 3.8) is 0 Å². The molecular weight excluding hydrogens is 158 g/mol. The fourth-order valence-corrected chi connectivity index (χ4v) is 1.94. The number of aryl methyl sites for hydroxylation is 3. The molecule has 0 saturated heterocycles.